The van der Waals surface area contributed by atoms with E-state index in [0.717, 1.165) is 17.7 Å². The number of amides is 1. The molecule has 2 rings (SSSR count). The van der Waals surface area contributed by atoms with Crippen molar-refractivity contribution in [2.24, 2.45) is 10.9 Å². The summed E-state index contributed by atoms with van der Waals surface area (Å²) in [6.07, 6.45) is 15.8. The quantitative estimate of drug-likeness (QED) is 0.386. The summed E-state index contributed by atoms with van der Waals surface area (Å²) in [5, 5.41) is 7.08. The zero-order valence-electron chi connectivity index (χ0n) is 18.6. The summed E-state index contributed by atoms with van der Waals surface area (Å²) in [7, 11) is 0. The molecule has 166 valence electrons. The number of carbonyl (C=O) groups is 1. The third-order valence-corrected chi connectivity index (χ3v) is 5.47. The highest BCUT2D eigenvalue weighted by atomic mass is 16.6. The minimum Gasteiger partial charge on any atom is -0.360 e. The molecule has 0 saturated carbocycles. The number of nitrogens with one attached hydrogen (secondary N) is 1. The number of hydrogen-bond acceptors (Lipinski definition) is 4. The molecule has 1 aliphatic rings. The summed E-state index contributed by atoms with van der Waals surface area (Å²) >= 11 is 0. The average Bonchev–Trinajstić information content (AvgIpc) is 2.79. The monoisotopic (exact) mass is 413 g/mol. The van der Waals surface area contributed by atoms with Crippen LogP contribution in [0.2, 0.25) is 0 Å². The van der Waals surface area contributed by atoms with Gasteiger partial charge in [-0.2, -0.15) is 0 Å². The standard InChI is InChI=1S/C25H39N3O2/c1-2-3-4-5-6-7-8-9-11-21-13-15-22(16-14-21)24-18-17-23(30-28-24)20-27-25(29)12-10-19-26/h13-17H,2-12,18-20,26H2,1H3,(H,27,29). The number of nitrogens with two attached hydrogens (primary N) is 1. The molecule has 0 unspecified atom stereocenters. The zero-order chi connectivity index (χ0) is 21.4. The van der Waals surface area contributed by atoms with Gasteiger partial charge in [-0.15, -0.1) is 0 Å². The van der Waals surface area contributed by atoms with Crippen LogP contribution in [0.25, 0.3) is 0 Å². The first-order valence-electron chi connectivity index (χ1n) is 11.7. The second kappa shape index (κ2) is 14.8. The fourth-order valence-corrected chi connectivity index (χ4v) is 3.54. The Morgan fingerprint density at radius 3 is 2.37 bits per heavy atom. The van der Waals surface area contributed by atoms with Gasteiger partial charge < -0.3 is 15.9 Å². The van der Waals surface area contributed by atoms with Gasteiger partial charge in [0.15, 0.2) is 5.76 Å². The van der Waals surface area contributed by atoms with Crippen LogP contribution in [0.15, 0.2) is 41.3 Å². The lowest BCUT2D eigenvalue weighted by molar-refractivity contribution is -0.121. The fourth-order valence-electron chi connectivity index (χ4n) is 3.54. The van der Waals surface area contributed by atoms with Crippen molar-refractivity contribution in [1.82, 2.24) is 5.32 Å². The van der Waals surface area contributed by atoms with Crippen LogP contribution in [0.1, 0.15) is 88.7 Å². The number of nitrogens with zero attached hydrogens (tertiary/aromatic N) is 1. The van der Waals surface area contributed by atoms with Crippen LogP contribution in [0, 0.1) is 0 Å². The van der Waals surface area contributed by atoms with Crippen molar-refractivity contribution in [3.63, 3.8) is 0 Å². The molecule has 0 atom stereocenters. The van der Waals surface area contributed by atoms with Gasteiger partial charge in [-0.25, -0.2) is 0 Å². The van der Waals surface area contributed by atoms with Crippen LogP contribution >= 0.6 is 0 Å². The van der Waals surface area contributed by atoms with Crippen molar-refractivity contribution in [3.8, 4) is 0 Å². The summed E-state index contributed by atoms with van der Waals surface area (Å²) < 4.78 is 0. The highest BCUT2D eigenvalue weighted by Crippen LogP contribution is 2.16. The van der Waals surface area contributed by atoms with E-state index in [1.165, 1.54) is 56.9 Å². The van der Waals surface area contributed by atoms with E-state index in [2.05, 4.69) is 41.7 Å². The van der Waals surface area contributed by atoms with E-state index in [1.54, 1.807) is 0 Å². The van der Waals surface area contributed by atoms with Gasteiger partial charge in [0.2, 0.25) is 5.91 Å². The van der Waals surface area contributed by atoms with Crippen LogP contribution in [0.3, 0.4) is 0 Å². The second-order valence-corrected chi connectivity index (χ2v) is 8.09. The number of hydrogen-bond donors (Lipinski definition) is 2. The Balaban J connectivity index is 1.64. The lowest BCUT2D eigenvalue weighted by Gasteiger charge is -2.14. The van der Waals surface area contributed by atoms with Crippen LogP contribution in [0.4, 0.5) is 0 Å². The first kappa shape index (κ1) is 24.1. The van der Waals surface area contributed by atoms with Crippen LogP contribution in [-0.2, 0) is 16.1 Å². The number of carbonyl (C=O) groups excluding carboxylic acids is 1. The van der Waals surface area contributed by atoms with Gasteiger partial charge in [0.05, 0.1) is 12.3 Å². The lowest BCUT2D eigenvalue weighted by atomic mass is 10.0. The first-order chi connectivity index (χ1) is 14.7. The number of oxime groups is 1. The Morgan fingerprint density at radius 1 is 1.03 bits per heavy atom. The van der Waals surface area contributed by atoms with E-state index >= 15 is 0 Å². The van der Waals surface area contributed by atoms with E-state index in [9.17, 15) is 4.79 Å². The molecule has 0 saturated heterocycles. The number of allylic oxidation sites excluding steroid dienone is 1. The third kappa shape index (κ3) is 9.57. The molecule has 30 heavy (non-hydrogen) atoms. The first-order valence-corrected chi connectivity index (χ1v) is 11.7. The molecule has 1 amide bonds. The number of benzene rings is 1. The maximum atomic E-state index is 11.6. The molecule has 0 bridgehead atoms. The molecule has 1 aromatic carbocycles. The summed E-state index contributed by atoms with van der Waals surface area (Å²) in [4.78, 5) is 17.1. The molecule has 1 aromatic rings. The molecular weight excluding hydrogens is 374 g/mol. The topological polar surface area (TPSA) is 76.7 Å². The molecular formula is C25H39N3O2. The van der Waals surface area contributed by atoms with E-state index in [0.29, 0.717) is 38.1 Å². The van der Waals surface area contributed by atoms with Gasteiger partial charge in [0, 0.05) is 12.8 Å². The van der Waals surface area contributed by atoms with Crippen molar-refractivity contribution in [2.45, 2.75) is 84.0 Å². The summed E-state index contributed by atoms with van der Waals surface area (Å²) in [6.45, 7) is 3.16. The molecule has 5 nitrogen and oxygen atoms in total. The van der Waals surface area contributed by atoms with Crippen molar-refractivity contribution in [2.75, 3.05) is 13.1 Å². The van der Waals surface area contributed by atoms with E-state index < -0.39 is 0 Å². The highest BCUT2D eigenvalue weighted by molar-refractivity contribution is 6.01. The molecule has 0 spiro atoms. The predicted molar refractivity (Wildman–Crippen MR) is 124 cm³/mol. The molecule has 1 aliphatic heterocycles. The largest absolute Gasteiger partial charge is 0.360 e. The minimum atomic E-state index is -0.00758. The Kier molecular flexibility index (Phi) is 11.9. The van der Waals surface area contributed by atoms with E-state index in [1.807, 2.05) is 6.08 Å². The fraction of sp³-hybridized carbons (Fsp3) is 0.600. The average molecular weight is 414 g/mol. The SMILES string of the molecule is CCCCCCCCCCc1ccc(C2=NOC(CNC(=O)CCCN)=CC2)cc1. The van der Waals surface area contributed by atoms with E-state index in [-0.39, 0.29) is 5.91 Å². The van der Waals surface area contributed by atoms with E-state index in [4.69, 9.17) is 10.6 Å². The van der Waals surface area contributed by atoms with Gasteiger partial charge in [-0.05, 0) is 43.0 Å². The molecule has 0 aliphatic carbocycles. The van der Waals surface area contributed by atoms with Gasteiger partial charge in [-0.3, -0.25) is 4.79 Å². The number of unbranched alkanes of at least 4 members (excludes halogenated alkanes) is 7. The lowest BCUT2D eigenvalue weighted by Crippen LogP contribution is -2.27. The van der Waals surface area contributed by atoms with Gasteiger partial charge in [0.25, 0.3) is 0 Å². The maximum Gasteiger partial charge on any atom is 0.220 e. The summed E-state index contributed by atoms with van der Waals surface area (Å²) in [6, 6.07) is 8.68. The maximum absolute atomic E-state index is 11.6. The molecule has 3 N–H and O–H groups in total. The van der Waals surface area contributed by atoms with Crippen molar-refractivity contribution in [1.29, 1.82) is 0 Å². The molecule has 0 fully saturated rings. The molecule has 5 heteroatoms. The summed E-state index contributed by atoms with van der Waals surface area (Å²) in [5.41, 5.74) is 8.82. The number of rotatable bonds is 15. The Hall–Kier alpha value is -2.14. The summed E-state index contributed by atoms with van der Waals surface area (Å²) in [5.74, 6) is 0.679. The Morgan fingerprint density at radius 2 is 1.73 bits per heavy atom. The Labute approximate surface area is 182 Å². The van der Waals surface area contributed by atoms with Crippen molar-refractivity contribution < 1.29 is 9.63 Å². The number of aryl methyl sites for hydroxylation is 1. The minimum absolute atomic E-state index is 0.00758. The van der Waals surface area contributed by atoms with Crippen LogP contribution in [0.5, 0.6) is 0 Å². The van der Waals surface area contributed by atoms with Crippen molar-refractivity contribution >= 4 is 11.6 Å². The predicted octanol–water partition coefficient (Wildman–Crippen LogP) is 5.23. The molecule has 0 radical (unpaired) electrons. The van der Waals surface area contributed by atoms with Gasteiger partial charge in [0.1, 0.15) is 0 Å². The van der Waals surface area contributed by atoms with Crippen molar-refractivity contribution in [3.05, 3.63) is 47.2 Å². The van der Waals surface area contributed by atoms with Crippen LogP contribution in [-0.4, -0.2) is 24.7 Å². The van der Waals surface area contributed by atoms with Gasteiger partial charge in [-0.1, -0.05) is 81.3 Å². The van der Waals surface area contributed by atoms with Crippen LogP contribution < -0.4 is 11.1 Å². The smallest absolute Gasteiger partial charge is 0.220 e. The normalized spacial score (nSPS) is 13.4. The zero-order valence-corrected chi connectivity index (χ0v) is 18.6. The molecule has 0 aromatic heterocycles. The third-order valence-electron chi connectivity index (χ3n) is 5.47. The Bertz CT molecular complexity index is 680. The molecule has 1 heterocycles. The highest BCUT2D eigenvalue weighted by Gasteiger charge is 2.12. The van der Waals surface area contributed by atoms with Gasteiger partial charge >= 0.3 is 0 Å². The second-order valence-electron chi connectivity index (χ2n) is 8.09.